The maximum absolute atomic E-state index is 11.1. The molecule has 0 aliphatic rings. The summed E-state index contributed by atoms with van der Waals surface area (Å²) in [5.74, 6) is 0. The van der Waals surface area contributed by atoms with E-state index >= 15 is 0 Å². The minimum absolute atomic E-state index is 0.143. The molecule has 0 fully saturated rings. The number of nitrogens with zero attached hydrogens (tertiary/aromatic N) is 1. The monoisotopic (exact) mass is 245 g/mol. The van der Waals surface area contributed by atoms with Gasteiger partial charge >= 0.3 is 0 Å². The highest BCUT2D eigenvalue weighted by Gasteiger charge is 2.03. The summed E-state index contributed by atoms with van der Waals surface area (Å²) in [6.07, 6.45) is 3.39. The van der Waals surface area contributed by atoms with Crippen molar-refractivity contribution in [3.05, 3.63) is 21.6 Å². The highest BCUT2D eigenvalue weighted by molar-refractivity contribution is 6.32. The molecule has 1 aromatic heterocycles. The minimum Gasteiger partial charge on any atom is -0.382 e. The number of H-pyrrole nitrogens is 1. The van der Waals surface area contributed by atoms with Gasteiger partial charge in [-0.05, 0) is 12.8 Å². The molecule has 2 N–H and O–H groups in total. The van der Waals surface area contributed by atoms with E-state index < -0.39 is 0 Å². The molecule has 0 amide bonds. The van der Waals surface area contributed by atoms with Crippen LogP contribution in [0.4, 0.5) is 5.69 Å². The first-order chi connectivity index (χ1) is 7.75. The van der Waals surface area contributed by atoms with Gasteiger partial charge in [0.05, 0.1) is 11.9 Å². The second-order valence-corrected chi connectivity index (χ2v) is 3.70. The second-order valence-electron chi connectivity index (χ2n) is 3.32. The second kappa shape index (κ2) is 7.24. The molecule has 5 nitrogen and oxygen atoms in total. The van der Waals surface area contributed by atoms with E-state index in [4.69, 9.17) is 16.3 Å². The summed E-state index contributed by atoms with van der Waals surface area (Å²) >= 11 is 5.78. The molecule has 0 spiro atoms. The lowest BCUT2D eigenvalue weighted by Crippen LogP contribution is -2.13. The standard InChI is InChI=1S/C10H16ClN3O2/c1-2-5-16-6-3-4-12-8-7-13-14-10(15)9(8)11/h7H,2-6H2,1H3,(H2,12,14,15). The molecule has 0 saturated heterocycles. The van der Waals surface area contributed by atoms with Gasteiger partial charge in [-0.15, -0.1) is 0 Å². The van der Waals surface area contributed by atoms with Crippen LogP contribution in [0.25, 0.3) is 0 Å². The number of nitrogens with one attached hydrogen (secondary N) is 2. The fraction of sp³-hybridized carbons (Fsp3) is 0.600. The molecule has 6 heteroatoms. The Morgan fingerprint density at radius 2 is 2.38 bits per heavy atom. The van der Waals surface area contributed by atoms with Crippen molar-refractivity contribution in [2.24, 2.45) is 0 Å². The highest BCUT2D eigenvalue weighted by atomic mass is 35.5. The van der Waals surface area contributed by atoms with Crippen molar-refractivity contribution in [1.82, 2.24) is 10.2 Å². The van der Waals surface area contributed by atoms with Crippen LogP contribution in [0.2, 0.25) is 5.02 Å². The molecule has 16 heavy (non-hydrogen) atoms. The third-order valence-corrected chi connectivity index (χ3v) is 2.30. The Balaban J connectivity index is 2.27. The number of hydrogen-bond donors (Lipinski definition) is 2. The van der Waals surface area contributed by atoms with Gasteiger partial charge in [0.1, 0.15) is 5.02 Å². The molecule has 0 aliphatic carbocycles. The first-order valence-corrected chi connectivity index (χ1v) is 5.68. The Hall–Kier alpha value is -1.07. The Labute approximate surface area is 99.2 Å². The molecule has 0 unspecified atom stereocenters. The zero-order valence-corrected chi connectivity index (χ0v) is 10.0. The Bertz CT molecular complexity index is 367. The van der Waals surface area contributed by atoms with E-state index in [1.54, 1.807) is 0 Å². The van der Waals surface area contributed by atoms with E-state index in [0.29, 0.717) is 18.8 Å². The summed E-state index contributed by atoms with van der Waals surface area (Å²) in [7, 11) is 0. The van der Waals surface area contributed by atoms with Crippen LogP contribution in [0.5, 0.6) is 0 Å². The fourth-order valence-electron chi connectivity index (χ4n) is 1.15. The number of aromatic amines is 1. The maximum atomic E-state index is 11.1. The lowest BCUT2D eigenvalue weighted by molar-refractivity contribution is 0.134. The Kier molecular flexibility index (Phi) is 5.88. The van der Waals surface area contributed by atoms with Gasteiger partial charge in [0.25, 0.3) is 5.56 Å². The summed E-state index contributed by atoms with van der Waals surface area (Å²) in [6.45, 7) is 4.26. The normalized spacial score (nSPS) is 10.4. The first kappa shape index (κ1) is 13.0. The molecule has 0 aromatic carbocycles. The number of halogens is 1. The number of hydrogen-bond acceptors (Lipinski definition) is 4. The predicted molar refractivity (Wildman–Crippen MR) is 64.1 cm³/mol. The van der Waals surface area contributed by atoms with Gasteiger partial charge in [-0.2, -0.15) is 5.10 Å². The molecular weight excluding hydrogens is 230 g/mol. The van der Waals surface area contributed by atoms with Crippen LogP contribution in [-0.2, 0) is 4.74 Å². The Morgan fingerprint density at radius 3 is 3.12 bits per heavy atom. The average molecular weight is 246 g/mol. The van der Waals surface area contributed by atoms with Crippen molar-refractivity contribution in [1.29, 1.82) is 0 Å². The topological polar surface area (TPSA) is 67.0 Å². The van der Waals surface area contributed by atoms with Crippen molar-refractivity contribution < 1.29 is 4.74 Å². The van der Waals surface area contributed by atoms with Crippen LogP contribution in [0.3, 0.4) is 0 Å². The summed E-state index contributed by atoms with van der Waals surface area (Å²) in [5.41, 5.74) is 0.176. The number of rotatable bonds is 7. The molecule has 1 rings (SSSR count). The van der Waals surface area contributed by atoms with Crippen LogP contribution < -0.4 is 10.9 Å². The minimum atomic E-state index is -0.381. The predicted octanol–water partition coefficient (Wildman–Crippen LogP) is 1.65. The molecule has 1 heterocycles. The van der Waals surface area contributed by atoms with E-state index in [0.717, 1.165) is 19.4 Å². The van der Waals surface area contributed by atoms with Crippen molar-refractivity contribution in [3.8, 4) is 0 Å². The van der Waals surface area contributed by atoms with Crippen molar-refractivity contribution in [2.75, 3.05) is 25.1 Å². The summed E-state index contributed by atoms with van der Waals surface area (Å²) in [6, 6.07) is 0. The van der Waals surface area contributed by atoms with Gasteiger partial charge in [-0.1, -0.05) is 18.5 Å². The summed E-state index contributed by atoms with van der Waals surface area (Å²) in [5, 5.41) is 9.09. The number of ether oxygens (including phenoxy) is 1. The highest BCUT2D eigenvalue weighted by Crippen LogP contribution is 2.13. The van der Waals surface area contributed by atoms with E-state index in [1.165, 1.54) is 6.20 Å². The summed E-state index contributed by atoms with van der Waals surface area (Å²) in [4.78, 5) is 11.1. The lowest BCUT2D eigenvalue weighted by Gasteiger charge is -2.06. The average Bonchev–Trinajstić information content (AvgIpc) is 2.29. The molecule has 0 aliphatic heterocycles. The quantitative estimate of drug-likeness (QED) is 0.717. The van der Waals surface area contributed by atoms with Gasteiger partial charge in [0.2, 0.25) is 0 Å². The molecule has 0 bridgehead atoms. The molecule has 0 saturated carbocycles. The van der Waals surface area contributed by atoms with E-state index in [-0.39, 0.29) is 10.6 Å². The SMILES string of the molecule is CCCOCCCNc1cn[nH]c(=O)c1Cl. The Morgan fingerprint density at radius 1 is 1.56 bits per heavy atom. The van der Waals surface area contributed by atoms with Crippen molar-refractivity contribution >= 4 is 17.3 Å². The van der Waals surface area contributed by atoms with Crippen LogP contribution in [-0.4, -0.2) is 30.0 Å². The third-order valence-electron chi connectivity index (χ3n) is 1.92. The molecule has 90 valence electrons. The molecule has 1 aromatic rings. The van der Waals surface area contributed by atoms with Gasteiger partial charge < -0.3 is 10.1 Å². The van der Waals surface area contributed by atoms with Crippen LogP contribution in [0, 0.1) is 0 Å². The fourth-order valence-corrected chi connectivity index (χ4v) is 1.31. The number of anilines is 1. The van der Waals surface area contributed by atoms with Gasteiger partial charge in [-0.25, -0.2) is 5.10 Å². The molecular formula is C10H16ClN3O2. The van der Waals surface area contributed by atoms with E-state index in [2.05, 4.69) is 22.4 Å². The third kappa shape index (κ3) is 4.20. The summed E-state index contributed by atoms with van der Waals surface area (Å²) < 4.78 is 5.32. The van der Waals surface area contributed by atoms with E-state index in [9.17, 15) is 4.79 Å². The maximum Gasteiger partial charge on any atom is 0.285 e. The smallest absolute Gasteiger partial charge is 0.285 e. The van der Waals surface area contributed by atoms with Gasteiger partial charge in [-0.3, -0.25) is 4.79 Å². The van der Waals surface area contributed by atoms with Gasteiger partial charge in [0.15, 0.2) is 0 Å². The zero-order valence-electron chi connectivity index (χ0n) is 9.25. The first-order valence-electron chi connectivity index (χ1n) is 5.30. The zero-order chi connectivity index (χ0) is 11.8. The van der Waals surface area contributed by atoms with Crippen LogP contribution in [0.1, 0.15) is 19.8 Å². The van der Waals surface area contributed by atoms with Crippen LogP contribution >= 0.6 is 11.6 Å². The lowest BCUT2D eigenvalue weighted by atomic mass is 10.4. The van der Waals surface area contributed by atoms with Crippen LogP contribution in [0.15, 0.2) is 11.0 Å². The molecule has 0 radical (unpaired) electrons. The van der Waals surface area contributed by atoms with Gasteiger partial charge in [0, 0.05) is 19.8 Å². The van der Waals surface area contributed by atoms with Crippen molar-refractivity contribution in [2.45, 2.75) is 19.8 Å². The van der Waals surface area contributed by atoms with Crippen molar-refractivity contribution in [3.63, 3.8) is 0 Å². The number of aromatic nitrogens is 2. The van der Waals surface area contributed by atoms with E-state index in [1.807, 2.05) is 0 Å². The molecule has 0 atom stereocenters. The largest absolute Gasteiger partial charge is 0.382 e.